The molecule has 7 nitrogen and oxygen atoms in total. The Bertz CT molecular complexity index is 492. The maximum atomic E-state index is 12.8. The third-order valence-electron chi connectivity index (χ3n) is 5.80. The number of carbonyl (C=O) groups is 2. The van der Waals surface area contributed by atoms with Crippen molar-refractivity contribution >= 4 is 11.9 Å². The Labute approximate surface area is 143 Å². The van der Waals surface area contributed by atoms with E-state index in [0.717, 1.165) is 25.7 Å². The molecule has 3 amide bonds. The van der Waals surface area contributed by atoms with Gasteiger partial charge in [0.15, 0.2) is 5.79 Å². The summed E-state index contributed by atoms with van der Waals surface area (Å²) >= 11 is 0. The van der Waals surface area contributed by atoms with E-state index in [9.17, 15) is 9.59 Å². The monoisotopic (exact) mass is 339 g/mol. The van der Waals surface area contributed by atoms with Crippen LogP contribution in [0.15, 0.2) is 0 Å². The second kappa shape index (κ2) is 6.98. The summed E-state index contributed by atoms with van der Waals surface area (Å²) in [6.45, 7) is 4.26. The average molecular weight is 339 g/mol. The van der Waals surface area contributed by atoms with Gasteiger partial charge in [0.2, 0.25) is 5.91 Å². The van der Waals surface area contributed by atoms with Crippen LogP contribution in [0.25, 0.3) is 0 Å². The number of hydrogen-bond acceptors (Lipinski definition) is 5. The molecule has 3 aliphatic rings. The Morgan fingerprint density at radius 3 is 2.67 bits per heavy atom. The summed E-state index contributed by atoms with van der Waals surface area (Å²) in [5.74, 6) is -0.286. The predicted molar refractivity (Wildman–Crippen MR) is 88.3 cm³/mol. The number of urea groups is 1. The fourth-order valence-electron chi connectivity index (χ4n) is 4.68. The summed E-state index contributed by atoms with van der Waals surface area (Å²) in [5.41, 5.74) is 0. The number of amides is 3. The lowest BCUT2D eigenvalue weighted by Gasteiger charge is -2.49. The van der Waals surface area contributed by atoms with Gasteiger partial charge in [-0.05, 0) is 32.7 Å². The van der Waals surface area contributed by atoms with Gasteiger partial charge in [-0.3, -0.25) is 9.69 Å². The number of imide groups is 1. The number of nitrogens with zero attached hydrogens (tertiary/aromatic N) is 2. The molecule has 1 aliphatic carbocycles. The molecule has 2 heterocycles. The largest absolute Gasteiger partial charge is 0.348 e. The number of nitrogens with one attached hydrogen (secondary N) is 1. The van der Waals surface area contributed by atoms with E-state index < -0.39 is 5.79 Å². The Hall–Kier alpha value is -1.18. The van der Waals surface area contributed by atoms with E-state index in [-0.39, 0.29) is 17.9 Å². The highest BCUT2D eigenvalue weighted by atomic mass is 16.7. The van der Waals surface area contributed by atoms with Crippen molar-refractivity contribution in [2.75, 3.05) is 40.4 Å². The zero-order valence-electron chi connectivity index (χ0n) is 14.9. The second-order valence-electron chi connectivity index (χ2n) is 7.19. The highest BCUT2D eigenvalue weighted by Crippen LogP contribution is 2.45. The lowest BCUT2D eigenvalue weighted by Crippen LogP contribution is -2.56. The molecule has 0 aromatic heterocycles. The van der Waals surface area contributed by atoms with Crippen LogP contribution in [-0.4, -0.2) is 74.0 Å². The topological polar surface area (TPSA) is 71.1 Å². The molecule has 0 aromatic rings. The van der Waals surface area contributed by atoms with Crippen molar-refractivity contribution in [3.63, 3.8) is 0 Å². The van der Waals surface area contributed by atoms with Gasteiger partial charge >= 0.3 is 6.03 Å². The van der Waals surface area contributed by atoms with Crippen molar-refractivity contribution in [3.05, 3.63) is 0 Å². The summed E-state index contributed by atoms with van der Waals surface area (Å²) < 4.78 is 11.8. The van der Waals surface area contributed by atoms with Crippen LogP contribution < -0.4 is 5.32 Å². The fourth-order valence-corrected chi connectivity index (χ4v) is 4.68. The first-order valence-corrected chi connectivity index (χ1v) is 9.01. The molecule has 0 aromatic carbocycles. The molecule has 0 bridgehead atoms. The minimum atomic E-state index is -0.432. The summed E-state index contributed by atoms with van der Waals surface area (Å²) in [5, 5.41) is 2.56. The van der Waals surface area contributed by atoms with Gasteiger partial charge in [0.05, 0.1) is 19.1 Å². The molecule has 7 heteroatoms. The van der Waals surface area contributed by atoms with Crippen LogP contribution >= 0.6 is 0 Å². The molecule has 136 valence electrons. The van der Waals surface area contributed by atoms with E-state index in [1.54, 1.807) is 7.05 Å². The van der Waals surface area contributed by atoms with Crippen LogP contribution in [0.1, 0.15) is 32.6 Å². The van der Waals surface area contributed by atoms with E-state index in [0.29, 0.717) is 38.3 Å². The minimum Gasteiger partial charge on any atom is -0.348 e. The van der Waals surface area contributed by atoms with Crippen LogP contribution in [0.4, 0.5) is 4.79 Å². The number of fused-ring (bicyclic) bond motifs is 1. The van der Waals surface area contributed by atoms with E-state index in [4.69, 9.17) is 9.47 Å². The first-order chi connectivity index (χ1) is 11.5. The van der Waals surface area contributed by atoms with Crippen LogP contribution in [0.2, 0.25) is 0 Å². The van der Waals surface area contributed by atoms with Crippen LogP contribution in [0.3, 0.4) is 0 Å². The van der Waals surface area contributed by atoms with Gasteiger partial charge in [-0.25, -0.2) is 4.79 Å². The van der Waals surface area contributed by atoms with Gasteiger partial charge in [0.25, 0.3) is 0 Å². The molecular formula is C17H29N3O4. The van der Waals surface area contributed by atoms with Crippen molar-refractivity contribution in [1.29, 1.82) is 0 Å². The summed E-state index contributed by atoms with van der Waals surface area (Å²) in [6, 6.07) is 0.150. The standard InChI is InChI=1S/C17H29N3O4/c1-4-20(16(22)18-2)15(21)13-9-12-10-17(23-7-8-24-17)6-5-14(12)19(3)11-13/h12-14H,4-11H2,1-3H3,(H,18,22)/t12-,13-,14-/m1/s1. The maximum Gasteiger partial charge on any atom is 0.323 e. The van der Waals surface area contributed by atoms with Crippen molar-refractivity contribution < 1.29 is 19.1 Å². The lowest BCUT2D eigenvalue weighted by molar-refractivity contribution is -0.202. The fraction of sp³-hybridized carbons (Fsp3) is 0.882. The third-order valence-corrected chi connectivity index (χ3v) is 5.80. The number of ether oxygens (including phenoxy) is 2. The minimum absolute atomic E-state index is 0.0740. The van der Waals surface area contributed by atoms with E-state index >= 15 is 0 Å². The lowest BCUT2D eigenvalue weighted by atomic mass is 9.72. The van der Waals surface area contributed by atoms with Gasteiger partial charge in [-0.2, -0.15) is 0 Å². The van der Waals surface area contributed by atoms with Crippen LogP contribution in [0, 0.1) is 11.8 Å². The molecule has 3 fully saturated rings. The van der Waals surface area contributed by atoms with E-state index in [1.165, 1.54) is 4.90 Å². The first-order valence-electron chi connectivity index (χ1n) is 9.01. The van der Waals surface area contributed by atoms with Crippen molar-refractivity contribution in [2.24, 2.45) is 11.8 Å². The van der Waals surface area contributed by atoms with Crippen LogP contribution in [0.5, 0.6) is 0 Å². The number of likely N-dealkylation sites (tertiary alicyclic amines) is 1. The van der Waals surface area contributed by atoms with Gasteiger partial charge in [0.1, 0.15) is 0 Å². The van der Waals surface area contributed by atoms with Gasteiger partial charge in [-0.15, -0.1) is 0 Å². The molecule has 0 unspecified atom stereocenters. The number of carbonyl (C=O) groups excluding carboxylic acids is 2. The molecular weight excluding hydrogens is 310 g/mol. The first kappa shape index (κ1) is 17.6. The molecule has 3 rings (SSSR count). The molecule has 1 saturated carbocycles. The molecule has 2 saturated heterocycles. The van der Waals surface area contributed by atoms with E-state index in [2.05, 4.69) is 17.3 Å². The zero-order valence-corrected chi connectivity index (χ0v) is 14.9. The number of piperidine rings is 1. The van der Waals surface area contributed by atoms with Gasteiger partial charge in [-0.1, -0.05) is 0 Å². The smallest absolute Gasteiger partial charge is 0.323 e. The maximum absolute atomic E-state index is 12.8. The van der Waals surface area contributed by atoms with Crippen molar-refractivity contribution in [2.45, 2.75) is 44.4 Å². The summed E-state index contributed by atoms with van der Waals surface area (Å²) in [7, 11) is 3.64. The molecule has 3 atom stereocenters. The quantitative estimate of drug-likeness (QED) is 0.814. The second-order valence-corrected chi connectivity index (χ2v) is 7.19. The van der Waals surface area contributed by atoms with Crippen molar-refractivity contribution in [3.8, 4) is 0 Å². The summed E-state index contributed by atoms with van der Waals surface area (Å²) in [6.07, 6.45) is 3.61. The Morgan fingerprint density at radius 1 is 1.33 bits per heavy atom. The highest BCUT2D eigenvalue weighted by molar-refractivity contribution is 5.95. The Balaban J connectivity index is 1.71. The molecule has 2 aliphatic heterocycles. The predicted octanol–water partition coefficient (Wildman–Crippen LogP) is 1.04. The summed E-state index contributed by atoms with van der Waals surface area (Å²) in [4.78, 5) is 28.4. The Kier molecular flexibility index (Phi) is 5.13. The van der Waals surface area contributed by atoms with Crippen molar-refractivity contribution in [1.82, 2.24) is 15.1 Å². The zero-order chi connectivity index (χ0) is 17.3. The van der Waals surface area contributed by atoms with Gasteiger partial charge in [0, 0.05) is 39.0 Å². The molecule has 0 radical (unpaired) electrons. The number of rotatable bonds is 2. The third kappa shape index (κ3) is 3.17. The molecule has 24 heavy (non-hydrogen) atoms. The molecule has 1 N–H and O–H groups in total. The van der Waals surface area contributed by atoms with E-state index in [1.807, 2.05) is 6.92 Å². The number of hydrogen-bond donors (Lipinski definition) is 1. The normalized spacial score (nSPS) is 32.4. The Morgan fingerprint density at radius 2 is 2.04 bits per heavy atom. The van der Waals surface area contributed by atoms with Crippen LogP contribution in [-0.2, 0) is 14.3 Å². The highest BCUT2D eigenvalue weighted by Gasteiger charge is 2.49. The molecule has 1 spiro atoms. The SMILES string of the molecule is CCN(C(=O)NC)C(=O)[C@@H]1C[C@@H]2CC3(CC[C@H]2N(C)C1)OCCO3. The average Bonchev–Trinajstić information content (AvgIpc) is 3.02. The van der Waals surface area contributed by atoms with Gasteiger partial charge < -0.3 is 19.7 Å².